The fourth-order valence-corrected chi connectivity index (χ4v) is 5.80. The number of rotatable bonds is 4. The number of alkyl carbamates (subject to hydrolysis) is 1. The molecule has 0 aromatic carbocycles. The number of sulfone groups is 1. The number of hydrogen-bond acceptors (Lipinski definition) is 7. The Morgan fingerprint density at radius 1 is 1.39 bits per heavy atom. The molecule has 1 aliphatic carbocycles. The number of carbonyl (C=O) groups is 1. The Kier molecular flexibility index (Phi) is 6.96. The minimum absolute atomic E-state index is 0.00182. The molecule has 1 saturated carbocycles. The van der Waals surface area contributed by atoms with Gasteiger partial charge in [0.05, 0.1) is 22.3 Å². The molecule has 0 bridgehead atoms. The van der Waals surface area contributed by atoms with Crippen molar-refractivity contribution < 1.29 is 17.9 Å². The summed E-state index contributed by atoms with van der Waals surface area (Å²) in [6.45, 7) is 7.18. The Morgan fingerprint density at radius 3 is 2.64 bits per heavy atom. The average Bonchev–Trinajstić information content (AvgIpc) is 2.52. The van der Waals surface area contributed by atoms with Crippen molar-refractivity contribution in [3.05, 3.63) is 24.0 Å². The summed E-state index contributed by atoms with van der Waals surface area (Å²) in [5.74, 6) is -0.163. The number of isothiocyanates is 1. The molecule has 0 saturated heterocycles. The van der Waals surface area contributed by atoms with Gasteiger partial charge in [0.25, 0.3) is 0 Å². The van der Waals surface area contributed by atoms with Crippen LogP contribution in [0.3, 0.4) is 0 Å². The van der Waals surface area contributed by atoms with Crippen molar-refractivity contribution in [1.29, 1.82) is 0 Å². The third kappa shape index (κ3) is 5.83. The molecular weight excluding hydrogens is 398 g/mol. The number of hydrogen-bond donors (Lipinski definition) is 1. The van der Waals surface area contributed by atoms with Crippen molar-refractivity contribution in [2.45, 2.75) is 63.3 Å². The average molecular weight is 426 g/mol. The van der Waals surface area contributed by atoms with Crippen molar-refractivity contribution in [2.24, 2.45) is 10.9 Å². The number of ether oxygens (including phenoxy) is 1. The van der Waals surface area contributed by atoms with Gasteiger partial charge >= 0.3 is 6.09 Å². The summed E-state index contributed by atoms with van der Waals surface area (Å²) < 4.78 is 30.2. The lowest BCUT2D eigenvalue weighted by Crippen LogP contribution is -2.53. The number of amides is 1. The largest absolute Gasteiger partial charge is 0.444 e. The lowest BCUT2D eigenvalue weighted by molar-refractivity contribution is 0.0484. The maximum absolute atomic E-state index is 12.4. The lowest BCUT2D eigenvalue weighted by atomic mass is 9.75. The van der Waals surface area contributed by atoms with Gasteiger partial charge in [-0.1, -0.05) is 6.92 Å². The lowest BCUT2D eigenvalue weighted by Gasteiger charge is -2.40. The van der Waals surface area contributed by atoms with Crippen LogP contribution in [-0.4, -0.2) is 47.8 Å². The molecule has 1 fully saturated rings. The van der Waals surface area contributed by atoms with E-state index in [1.807, 2.05) is 13.0 Å². The van der Waals surface area contributed by atoms with E-state index in [1.54, 1.807) is 33.2 Å². The molecule has 9 heteroatoms. The van der Waals surface area contributed by atoms with Crippen molar-refractivity contribution >= 4 is 39.0 Å². The normalized spacial score (nSPS) is 25.5. The number of nitrogens with one attached hydrogen (secondary N) is 1. The van der Waals surface area contributed by atoms with Crippen LogP contribution in [0.25, 0.3) is 0 Å². The van der Waals surface area contributed by atoms with E-state index in [-0.39, 0.29) is 11.8 Å². The number of aliphatic imine (C=N–C) groups is 1. The fraction of sp³-hybridized carbons (Fsp3) is 0.632. The predicted octanol–water partition coefficient (Wildman–Crippen LogP) is 3.64. The van der Waals surface area contributed by atoms with E-state index in [0.29, 0.717) is 18.5 Å². The highest BCUT2D eigenvalue weighted by atomic mass is 32.2. The van der Waals surface area contributed by atoms with Gasteiger partial charge in [-0.25, -0.2) is 13.2 Å². The first-order valence-electron chi connectivity index (χ1n) is 9.12. The van der Waals surface area contributed by atoms with Crippen molar-refractivity contribution in [1.82, 2.24) is 10.3 Å². The van der Waals surface area contributed by atoms with Crippen molar-refractivity contribution in [3.8, 4) is 0 Å². The minimum Gasteiger partial charge on any atom is -0.444 e. The van der Waals surface area contributed by atoms with E-state index >= 15 is 0 Å². The molecular formula is C19H27N3O4S2. The van der Waals surface area contributed by atoms with Gasteiger partial charge < -0.3 is 10.1 Å². The van der Waals surface area contributed by atoms with E-state index in [9.17, 15) is 13.2 Å². The van der Waals surface area contributed by atoms with Crippen LogP contribution in [0.1, 0.15) is 52.0 Å². The van der Waals surface area contributed by atoms with Crippen LogP contribution in [0.15, 0.2) is 23.5 Å². The fourth-order valence-electron chi connectivity index (χ4n) is 3.98. The maximum atomic E-state index is 12.4. The summed E-state index contributed by atoms with van der Waals surface area (Å²) in [6, 6.07) is 1.28. The van der Waals surface area contributed by atoms with Gasteiger partial charge in [0.2, 0.25) is 0 Å². The Bertz CT molecular complexity index is 873. The highest BCUT2D eigenvalue weighted by Crippen LogP contribution is 2.41. The molecule has 154 valence electrons. The summed E-state index contributed by atoms with van der Waals surface area (Å²) in [5, 5.41) is 4.47. The van der Waals surface area contributed by atoms with Crippen LogP contribution in [0.5, 0.6) is 0 Å². The molecule has 0 spiro atoms. The SMILES string of the molecule is C[C@H]1C[C@@H](c2ccncc2N=C=S)C[C@@H](NC(=O)OC(C)(C)C)[C@H]1S(C)(=O)=O. The molecule has 7 nitrogen and oxygen atoms in total. The Labute approximate surface area is 171 Å². The summed E-state index contributed by atoms with van der Waals surface area (Å²) in [7, 11) is -3.37. The smallest absolute Gasteiger partial charge is 0.407 e. The molecule has 0 unspecified atom stereocenters. The number of nitrogens with zero attached hydrogens (tertiary/aromatic N) is 2. The van der Waals surface area contributed by atoms with Gasteiger partial charge in [-0.3, -0.25) is 4.98 Å². The summed E-state index contributed by atoms with van der Waals surface area (Å²) in [6.07, 6.45) is 4.97. The molecule has 28 heavy (non-hydrogen) atoms. The molecule has 4 atom stereocenters. The van der Waals surface area contributed by atoms with Crippen LogP contribution in [0, 0.1) is 5.92 Å². The standard InChI is InChI=1S/C19H27N3O4S2/c1-12-8-13(14-6-7-20-10-16(14)21-11-27)9-15(17(12)28(5,24)25)22-18(23)26-19(2,3)4/h6-7,10,12-13,15,17H,8-9H2,1-5H3,(H,22,23)/t12-,13+,15+,17-/m0/s1. The zero-order valence-electron chi connectivity index (χ0n) is 16.8. The van der Waals surface area contributed by atoms with Crippen molar-refractivity contribution in [2.75, 3.05) is 6.26 Å². The highest BCUT2D eigenvalue weighted by Gasteiger charge is 2.43. The first-order chi connectivity index (χ1) is 12.9. The zero-order chi connectivity index (χ0) is 21.1. The van der Waals surface area contributed by atoms with E-state index in [4.69, 9.17) is 17.0 Å². The van der Waals surface area contributed by atoms with Gasteiger partial charge in [-0.2, -0.15) is 4.99 Å². The van der Waals surface area contributed by atoms with Crippen LogP contribution >= 0.6 is 12.2 Å². The van der Waals surface area contributed by atoms with E-state index in [2.05, 4.69) is 20.5 Å². The van der Waals surface area contributed by atoms with Crippen molar-refractivity contribution in [3.63, 3.8) is 0 Å². The van der Waals surface area contributed by atoms with Gasteiger partial charge in [0.1, 0.15) is 5.60 Å². The Hall–Kier alpha value is -1.83. The van der Waals surface area contributed by atoms with E-state index in [0.717, 1.165) is 5.56 Å². The third-order valence-electron chi connectivity index (χ3n) is 4.79. The second-order valence-electron chi connectivity index (χ2n) is 8.33. The second-order valence-corrected chi connectivity index (χ2v) is 10.7. The Balaban J connectivity index is 2.35. The highest BCUT2D eigenvalue weighted by molar-refractivity contribution is 7.91. The number of pyridine rings is 1. The van der Waals surface area contributed by atoms with Gasteiger partial charge in [-0.05, 0) is 69.3 Å². The molecule has 1 N–H and O–H groups in total. The maximum Gasteiger partial charge on any atom is 0.407 e. The molecule has 0 aliphatic heterocycles. The number of aromatic nitrogens is 1. The summed E-state index contributed by atoms with van der Waals surface area (Å²) in [5.41, 5.74) is 0.863. The molecule has 0 radical (unpaired) electrons. The van der Waals surface area contributed by atoms with Gasteiger partial charge in [0.15, 0.2) is 9.84 Å². The Morgan fingerprint density at radius 2 is 2.07 bits per heavy atom. The summed E-state index contributed by atoms with van der Waals surface area (Å²) >= 11 is 4.72. The predicted molar refractivity (Wildman–Crippen MR) is 112 cm³/mol. The molecule has 1 aromatic rings. The topological polar surface area (TPSA) is 97.7 Å². The first-order valence-corrected chi connectivity index (χ1v) is 11.5. The third-order valence-corrected chi connectivity index (χ3v) is 6.66. The van der Waals surface area contributed by atoms with E-state index in [1.165, 1.54) is 6.26 Å². The molecule has 2 rings (SSSR count). The summed E-state index contributed by atoms with van der Waals surface area (Å²) in [4.78, 5) is 20.5. The molecule has 1 aliphatic rings. The molecule has 1 heterocycles. The van der Waals surface area contributed by atoms with E-state index < -0.39 is 32.8 Å². The monoisotopic (exact) mass is 425 g/mol. The van der Waals surface area contributed by atoms with Crippen LogP contribution in [-0.2, 0) is 14.6 Å². The first kappa shape index (κ1) is 22.5. The van der Waals surface area contributed by atoms with Crippen LogP contribution in [0.2, 0.25) is 0 Å². The quantitative estimate of drug-likeness (QED) is 0.584. The van der Waals surface area contributed by atoms with Gasteiger partial charge in [-0.15, -0.1) is 0 Å². The minimum atomic E-state index is -3.37. The number of thiocarbonyl (C=S) groups is 1. The second kappa shape index (κ2) is 8.68. The van der Waals surface area contributed by atoms with Gasteiger partial charge in [0, 0.05) is 18.5 Å². The molecule has 1 amide bonds. The zero-order valence-corrected chi connectivity index (χ0v) is 18.4. The number of carbonyl (C=O) groups excluding carboxylic acids is 1. The van der Waals surface area contributed by atoms with Crippen LogP contribution in [0.4, 0.5) is 10.5 Å². The molecule has 1 aromatic heterocycles. The van der Waals surface area contributed by atoms with Crippen LogP contribution < -0.4 is 5.32 Å².